The topological polar surface area (TPSA) is 49.7 Å². The Labute approximate surface area is 123 Å². The largest absolute Gasteiger partial charge is 0.508 e. The lowest BCUT2D eigenvalue weighted by Gasteiger charge is -2.01. The molecule has 0 fully saturated rings. The van der Waals surface area contributed by atoms with Gasteiger partial charge in [-0.2, -0.15) is 0 Å². The molecule has 0 saturated carbocycles. The first-order chi connectivity index (χ1) is 9.76. The van der Waals surface area contributed by atoms with Crippen molar-refractivity contribution in [3.05, 3.63) is 29.8 Å². The maximum Gasteiger partial charge on any atom is 0.121 e. The second kappa shape index (κ2) is 14.4. The molecule has 116 valence electrons. The number of aliphatic hydroxyl groups is 1. The molecule has 1 aromatic carbocycles. The van der Waals surface area contributed by atoms with E-state index in [1.54, 1.807) is 24.3 Å². The van der Waals surface area contributed by atoms with Crippen molar-refractivity contribution in [2.24, 2.45) is 0 Å². The molecular formula is C17H30O3. The molecule has 0 heterocycles. The Kier molecular flexibility index (Phi) is 13.6. The number of aliphatic hydroxyl groups excluding tert-OH is 1. The zero-order valence-electron chi connectivity index (χ0n) is 13.0. The number of hydrogen-bond donors (Lipinski definition) is 2. The van der Waals surface area contributed by atoms with Crippen LogP contribution in [0.3, 0.4) is 0 Å². The number of unbranched alkanes of at least 4 members (excludes halogenated alkanes) is 4. The zero-order valence-corrected chi connectivity index (χ0v) is 13.0. The van der Waals surface area contributed by atoms with E-state index in [-0.39, 0.29) is 12.4 Å². The van der Waals surface area contributed by atoms with E-state index >= 15 is 0 Å². The van der Waals surface area contributed by atoms with Crippen LogP contribution in [0.5, 0.6) is 5.75 Å². The van der Waals surface area contributed by atoms with Gasteiger partial charge >= 0.3 is 0 Å². The smallest absolute Gasteiger partial charge is 0.121 e. The van der Waals surface area contributed by atoms with Crippen molar-refractivity contribution in [3.8, 4) is 5.75 Å². The lowest BCUT2D eigenvalue weighted by atomic mass is 10.2. The van der Waals surface area contributed by atoms with Crippen LogP contribution in [0.2, 0.25) is 0 Å². The van der Waals surface area contributed by atoms with Gasteiger partial charge in [-0.1, -0.05) is 57.7 Å². The average Bonchev–Trinajstić information content (AvgIpc) is 2.48. The Hall–Kier alpha value is -1.06. The minimum atomic E-state index is -0.104. The molecule has 0 saturated heterocycles. The first-order valence-electron chi connectivity index (χ1n) is 7.71. The third-order valence-corrected chi connectivity index (χ3v) is 2.95. The van der Waals surface area contributed by atoms with Gasteiger partial charge in [0.2, 0.25) is 0 Å². The van der Waals surface area contributed by atoms with Crippen LogP contribution in [0.25, 0.3) is 0 Å². The fourth-order valence-electron chi connectivity index (χ4n) is 1.65. The van der Waals surface area contributed by atoms with Gasteiger partial charge in [-0.05, 0) is 18.9 Å². The molecule has 0 radical (unpaired) electrons. The minimum Gasteiger partial charge on any atom is -0.508 e. The summed E-state index contributed by atoms with van der Waals surface area (Å²) in [6.45, 7) is 6.27. The van der Waals surface area contributed by atoms with Crippen molar-refractivity contribution in [1.29, 1.82) is 0 Å². The van der Waals surface area contributed by atoms with Gasteiger partial charge in [0, 0.05) is 18.8 Å². The van der Waals surface area contributed by atoms with E-state index in [0.717, 1.165) is 13.2 Å². The summed E-state index contributed by atoms with van der Waals surface area (Å²) in [5, 5.41) is 17.5. The Balaban J connectivity index is 0.000000367. The van der Waals surface area contributed by atoms with Gasteiger partial charge in [0.25, 0.3) is 0 Å². The fraction of sp³-hybridized carbons (Fsp3) is 0.647. The number of hydrogen-bond acceptors (Lipinski definition) is 3. The van der Waals surface area contributed by atoms with Crippen LogP contribution in [0.15, 0.2) is 24.3 Å². The van der Waals surface area contributed by atoms with E-state index in [0.29, 0.717) is 5.56 Å². The highest BCUT2D eigenvalue weighted by Gasteiger charge is 1.93. The second-order valence-corrected chi connectivity index (χ2v) is 4.81. The van der Waals surface area contributed by atoms with Gasteiger partial charge in [0.05, 0.1) is 6.61 Å². The maximum absolute atomic E-state index is 8.95. The number of para-hydroxylation sites is 1. The third-order valence-electron chi connectivity index (χ3n) is 2.95. The van der Waals surface area contributed by atoms with Crippen LogP contribution in [0, 0.1) is 0 Å². The first kappa shape index (κ1) is 18.9. The summed E-state index contributed by atoms with van der Waals surface area (Å²) in [6.07, 6.45) is 7.68. The van der Waals surface area contributed by atoms with Crippen molar-refractivity contribution in [1.82, 2.24) is 0 Å². The molecule has 1 rings (SSSR count). The van der Waals surface area contributed by atoms with E-state index < -0.39 is 0 Å². The molecule has 0 aliphatic carbocycles. The zero-order chi connectivity index (χ0) is 15.1. The standard InChI is InChI=1S/C10H22O.C7H8O2/c1-3-5-7-9-11-10-8-6-4-2;8-5-6-3-1-2-4-7(6)9/h3-10H2,1-2H3;1-4,8-9H,5H2. The minimum absolute atomic E-state index is 0.104. The summed E-state index contributed by atoms with van der Waals surface area (Å²) in [7, 11) is 0. The van der Waals surface area contributed by atoms with Crippen molar-refractivity contribution < 1.29 is 14.9 Å². The summed E-state index contributed by atoms with van der Waals surface area (Å²) >= 11 is 0. The van der Waals surface area contributed by atoms with Crippen molar-refractivity contribution >= 4 is 0 Å². The highest BCUT2D eigenvalue weighted by molar-refractivity contribution is 5.30. The van der Waals surface area contributed by atoms with Gasteiger partial charge in [-0.3, -0.25) is 0 Å². The first-order valence-corrected chi connectivity index (χ1v) is 7.71. The maximum atomic E-state index is 8.95. The number of rotatable bonds is 9. The summed E-state index contributed by atoms with van der Waals surface area (Å²) in [5.74, 6) is 0.153. The van der Waals surface area contributed by atoms with Crippen LogP contribution >= 0.6 is 0 Å². The molecule has 3 heteroatoms. The predicted molar refractivity (Wildman–Crippen MR) is 83.9 cm³/mol. The van der Waals surface area contributed by atoms with Crippen LogP contribution in [-0.2, 0) is 11.3 Å². The van der Waals surface area contributed by atoms with Crippen molar-refractivity contribution in [2.75, 3.05) is 13.2 Å². The van der Waals surface area contributed by atoms with Crippen molar-refractivity contribution in [2.45, 2.75) is 59.0 Å². The van der Waals surface area contributed by atoms with E-state index in [1.165, 1.54) is 38.5 Å². The van der Waals surface area contributed by atoms with E-state index in [9.17, 15) is 0 Å². The Morgan fingerprint density at radius 3 is 1.85 bits per heavy atom. The molecule has 0 atom stereocenters. The highest BCUT2D eigenvalue weighted by Crippen LogP contribution is 2.14. The second-order valence-electron chi connectivity index (χ2n) is 4.81. The lowest BCUT2D eigenvalue weighted by molar-refractivity contribution is 0.126. The summed E-state index contributed by atoms with van der Waals surface area (Å²) < 4.78 is 5.44. The number of benzene rings is 1. The quantitative estimate of drug-likeness (QED) is 0.665. The van der Waals surface area contributed by atoms with E-state index in [2.05, 4.69) is 13.8 Å². The molecule has 2 N–H and O–H groups in total. The summed E-state index contributed by atoms with van der Waals surface area (Å²) in [6, 6.07) is 6.71. The Morgan fingerprint density at radius 2 is 1.45 bits per heavy atom. The van der Waals surface area contributed by atoms with Crippen LogP contribution in [0.1, 0.15) is 57.9 Å². The van der Waals surface area contributed by atoms with Gasteiger partial charge < -0.3 is 14.9 Å². The Morgan fingerprint density at radius 1 is 0.900 bits per heavy atom. The van der Waals surface area contributed by atoms with Gasteiger partial charge in [-0.15, -0.1) is 0 Å². The number of aromatic hydroxyl groups is 1. The number of ether oxygens (including phenoxy) is 1. The molecule has 0 aliphatic rings. The predicted octanol–water partition coefficient (Wildman–Crippen LogP) is 4.27. The van der Waals surface area contributed by atoms with E-state index in [4.69, 9.17) is 14.9 Å². The molecule has 3 nitrogen and oxygen atoms in total. The molecule has 0 aliphatic heterocycles. The molecular weight excluding hydrogens is 252 g/mol. The number of phenols is 1. The van der Waals surface area contributed by atoms with Gasteiger partial charge in [0.1, 0.15) is 5.75 Å². The summed E-state index contributed by atoms with van der Waals surface area (Å²) in [5.41, 5.74) is 0.567. The lowest BCUT2D eigenvalue weighted by Crippen LogP contribution is -1.96. The fourth-order valence-corrected chi connectivity index (χ4v) is 1.65. The van der Waals surface area contributed by atoms with E-state index in [1.807, 2.05) is 0 Å². The van der Waals surface area contributed by atoms with Crippen LogP contribution < -0.4 is 0 Å². The molecule has 20 heavy (non-hydrogen) atoms. The normalized spacial score (nSPS) is 9.95. The molecule has 0 spiro atoms. The summed E-state index contributed by atoms with van der Waals surface area (Å²) in [4.78, 5) is 0. The molecule has 0 amide bonds. The van der Waals surface area contributed by atoms with Crippen molar-refractivity contribution in [3.63, 3.8) is 0 Å². The van der Waals surface area contributed by atoms with Crippen LogP contribution in [0.4, 0.5) is 0 Å². The molecule has 0 unspecified atom stereocenters. The molecule has 0 bridgehead atoms. The molecule has 1 aromatic rings. The van der Waals surface area contributed by atoms with Crippen LogP contribution in [-0.4, -0.2) is 23.4 Å². The molecule has 0 aromatic heterocycles. The SMILES string of the molecule is CCCCCOCCCCC.OCc1ccccc1O. The highest BCUT2D eigenvalue weighted by atomic mass is 16.5. The van der Waals surface area contributed by atoms with Gasteiger partial charge in [0.15, 0.2) is 0 Å². The Bertz CT molecular complexity index is 305. The average molecular weight is 282 g/mol. The monoisotopic (exact) mass is 282 g/mol. The van der Waals surface area contributed by atoms with Gasteiger partial charge in [-0.25, -0.2) is 0 Å². The third kappa shape index (κ3) is 10.8.